The fraction of sp³-hybridized carbons (Fsp3) is 0.207. The maximum absolute atomic E-state index is 14.0. The monoisotopic (exact) mass is 595 g/mol. The number of amides is 1. The Morgan fingerprint density at radius 3 is 2.44 bits per heavy atom. The zero-order valence-electron chi connectivity index (χ0n) is 22.7. The van der Waals surface area contributed by atoms with Gasteiger partial charge in [-0.05, 0) is 30.7 Å². The summed E-state index contributed by atoms with van der Waals surface area (Å²) in [5.74, 6) is 1.78. The second-order valence-electron chi connectivity index (χ2n) is 9.03. The number of para-hydroxylation sites is 1. The third-order valence-electron chi connectivity index (χ3n) is 6.58. The molecular formula is C29H27Cl2N5O5. The molecule has 4 aromatic rings. The van der Waals surface area contributed by atoms with Crippen molar-refractivity contribution in [3.8, 4) is 23.0 Å². The van der Waals surface area contributed by atoms with Crippen LogP contribution in [0, 0.1) is 0 Å². The molecule has 41 heavy (non-hydrogen) atoms. The Hall–Kier alpha value is -4.41. The number of carbonyl (C=O) groups is 1. The van der Waals surface area contributed by atoms with Crippen molar-refractivity contribution in [2.75, 3.05) is 32.0 Å². The van der Waals surface area contributed by atoms with Crippen molar-refractivity contribution in [1.29, 1.82) is 0 Å². The van der Waals surface area contributed by atoms with Crippen LogP contribution in [0.2, 0.25) is 10.0 Å². The standard InChI is InChI=1S/C29H27Cl2N5O5/c1-16-25(28(37)35-21-13-23(39-3)20(31)12-24(21)40-4)26(36-29(34-16)32-15-33-36)19-6-5-7-22(38-2)27(19)41-14-17-8-10-18(30)11-9-17/h5-13,15,26H,14H2,1-4H3,(H,35,37)(H,32,33,34)/t26-/m0/s1. The minimum atomic E-state index is -0.718. The highest BCUT2D eigenvalue weighted by molar-refractivity contribution is 6.32. The first-order chi connectivity index (χ1) is 19.8. The zero-order valence-corrected chi connectivity index (χ0v) is 24.2. The SMILES string of the molecule is COc1cc(NC(=O)C2=C(C)Nc3ncnn3[C@H]2c2cccc(OC)c2OCc2ccc(Cl)cc2)c(OC)cc1Cl. The quantitative estimate of drug-likeness (QED) is 0.238. The molecule has 0 radical (unpaired) electrons. The Bertz CT molecular complexity index is 1620. The van der Waals surface area contributed by atoms with Crippen LogP contribution in [0.3, 0.4) is 0 Å². The highest BCUT2D eigenvalue weighted by atomic mass is 35.5. The largest absolute Gasteiger partial charge is 0.495 e. The Morgan fingerprint density at radius 1 is 1.00 bits per heavy atom. The summed E-state index contributed by atoms with van der Waals surface area (Å²) in [5.41, 5.74) is 2.90. The van der Waals surface area contributed by atoms with Crippen LogP contribution in [0.1, 0.15) is 24.1 Å². The molecule has 1 aliphatic heterocycles. The van der Waals surface area contributed by atoms with Crippen LogP contribution in [0.5, 0.6) is 23.0 Å². The number of carbonyl (C=O) groups excluding carboxylic acids is 1. The molecule has 0 saturated heterocycles. The van der Waals surface area contributed by atoms with E-state index in [0.717, 1.165) is 5.56 Å². The van der Waals surface area contributed by atoms with E-state index in [2.05, 4.69) is 20.7 Å². The molecule has 0 fully saturated rings. The first-order valence-corrected chi connectivity index (χ1v) is 13.2. The van der Waals surface area contributed by atoms with Crippen molar-refractivity contribution in [2.45, 2.75) is 19.6 Å². The van der Waals surface area contributed by atoms with E-state index < -0.39 is 11.9 Å². The molecule has 1 aromatic heterocycles. The van der Waals surface area contributed by atoms with Crippen molar-refractivity contribution in [3.05, 3.63) is 93.4 Å². The van der Waals surface area contributed by atoms with Gasteiger partial charge < -0.3 is 29.6 Å². The van der Waals surface area contributed by atoms with Crippen LogP contribution in [0.25, 0.3) is 0 Å². The maximum atomic E-state index is 14.0. The van der Waals surface area contributed by atoms with Crippen molar-refractivity contribution >= 4 is 40.7 Å². The lowest BCUT2D eigenvalue weighted by Crippen LogP contribution is -2.32. The van der Waals surface area contributed by atoms with Gasteiger partial charge in [0, 0.05) is 28.4 Å². The molecule has 0 bridgehead atoms. The number of rotatable bonds is 9. The van der Waals surface area contributed by atoms with E-state index in [-0.39, 0.29) is 6.61 Å². The highest BCUT2D eigenvalue weighted by Crippen LogP contribution is 2.44. The van der Waals surface area contributed by atoms with Crippen molar-refractivity contribution in [2.24, 2.45) is 0 Å². The molecule has 0 aliphatic carbocycles. The molecule has 0 unspecified atom stereocenters. The van der Waals surface area contributed by atoms with Gasteiger partial charge in [0.25, 0.3) is 5.91 Å². The summed E-state index contributed by atoms with van der Waals surface area (Å²) in [5, 5.41) is 11.5. The molecule has 5 rings (SSSR count). The van der Waals surface area contributed by atoms with Gasteiger partial charge in [-0.1, -0.05) is 47.5 Å². The molecule has 1 atom stereocenters. The van der Waals surface area contributed by atoms with Crippen LogP contribution >= 0.6 is 23.2 Å². The summed E-state index contributed by atoms with van der Waals surface area (Å²) >= 11 is 12.3. The fourth-order valence-corrected chi connectivity index (χ4v) is 4.98. The molecule has 1 amide bonds. The van der Waals surface area contributed by atoms with Gasteiger partial charge in [-0.25, -0.2) is 4.68 Å². The van der Waals surface area contributed by atoms with E-state index in [1.807, 2.05) is 24.3 Å². The number of nitrogens with zero attached hydrogens (tertiary/aromatic N) is 3. The van der Waals surface area contributed by atoms with Crippen molar-refractivity contribution in [1.82, 2.24) is 14.8 Å². The van der Waals surface area contributed by atoms with Gasteiger partial charge in [0.05, 0.1) is 37.6 Å². The van der Waals surface area contributed by atoms with E-state index in [0.29, 0.717) is 61.5 Å². The van der Waals surface area contributed by atoms with Gasteiger partial charge in [-0.15, -0.1) is 0 Å². The number of fused-ring (bicyclic) bond motifs is 1. The summed E-state index contributed by atoms with van der Waals surface area (Å²) in [6.07, 6.45) is 1.42. The Labute approximate surface area is 246 Å². The van der Waals surface area contributed by atoms with Crippen LogP contribution in [-0.4, -0.2) is 42.0 Å². The minimum Gasteiger partial charge on any atom is -0.495 e. The van der Waals surface area contributed by atoms with E-state index in [1.165, 1.54) is 20.5 Å². The summed E-state index contributed by atoms with van der Waals surface area (Å²) in [4.78, 5) is 18.4. The number of halogens is 2. The Morgan fingerprint density at radius 2 is 1.73 bits per heavy atom. The topological polar surface area (TPSA) is 109 Å². The first-order valence-electron chi connectivity index (χ1n) is 12.5. The van der Waals surface area contributed by atoms with Gasteiger partial charge in [-0.3, -0.25) is 4.79 Å². The number of aromatic nitrogens is 3. The Kier molecular flexibility index (Phi) is 8.23. The number of hydrogen-bond acceptors (Lipinski definition) is 8. The summed E-state index contributed by atoms with van der Waals surface area (Å²) in [6, 6.07) is 15.3. The van der Waals surface area contributed by atoms with Gasteiger partial charge in [0.1, 0.15) is 30.5 Å². The van der Waals surface area contributed by atoms with Gasteiger partial charge in [0.15, 0.2) is 11.5 Å². The number of allylic oxidation sites excluding steroid dienone is 1. The van der Waals surface area contributed by atoms with Crippen LogP contribution < -0.4 is 29.6 Å². The number of hydrogen-bond donors (Lipinski definition) is 2. The van der Waals surface area contributed by atoms with Crippen LogP contribution in [0.15, 0.2) is 72.2 Å². The van der Waals surface area contributed by atoms with Crippen LogP contribution in [-0.2, 0) is 11.4 Å². The zero-order chi connectivity index (χ0) is 29.1. The summed E-state index contributed by atoms with van der Waals surface area (Å²) < 4.78 is 24.5. The molecule has 10 nitrogen and oxygen atoms in total. The highest BCUT2D eigenvalue weighted by Gasteiger charge is 2.36. The molecular weight excluding hydrogens is 569 g/mol. The van der Waals surface area contributed by atoms with Crippen molar-refractivity contribution in [3.63, 3.8) is 0 Å². The summed E-state index contributed by atoms with van der Waals surface area (Å²) in [6.45, 7) is 2.04. The number of anilines is 2. The number of benzene rings is 3. The van der Waals surface area contributed by atoms with Crippen LogP contribution in [0.4, 0.5) is 11.6 Å². The van der Waals surface area contributed by atoms with E-state index in [9.17, 15) is 4.79 Å². The maximum Gasteiger partial charge on any atom is 0.255 e. The van der Waals surface area contributed by atoms with Gasteiger partial charge in [-0.2, -0.15) is 10.1 Å². The van der Waals surface area contributed by atoms with E-state index in [4.69, 9.17) is 42.1 Å². The lowest BCUT2D eigenvalue weighted by Gasteiger charge is -2.30. The van der Waals surface area contributed by atoms with Gasteiger partial charge >= 0.3 is 0 Å². The minimum absolute atomic E-state index is 0.242. The number of ether oxygens (including phenoxy) is 4. The smallest absolute Gasteiger partial charge is 0.255 e. The molecule has 3 aromatic carbocycles. The average Bonchev–Trinajstić information content (AvgIpc) is 3.44. The third kappa shape index (κ3) is 5.61. The molecule has 1 aliphatic rings. The van der Waals surface area contributed by atoms with E-state index in [1.54, 1.807) is 49.0 Å². The molecule has 2 heterocycles. The predicted octanol–water partition coefficient (Wildman–Crippen LogP) is 6.12. The van der Waals surface area contributed by atoms with Crippen molar-refractivity contribution < 1.29 is 23.7 Å². The number of methoxy groups -OCH3 is 3. The van der Waals surface area contributed by atoms with E-state index >= 15 is 0 Å². The lowest BCUT2D eigenvalue weighted by atomic mass is 9.93. The number of nitrogens with one attached hydrogen (secondary N) is 2. The van der Waals surface area contributed by atoms with Gasteiger partial charge in [0.2, 0.25) is 5.95 Å². The molecule has 0 saturated carbocycles. The first kappa shape index (κ1) is 28.1. The lowest BCUT2D eigenvalue weighted by molar-refractivity contribution is -0.113. The molecule has 2 N–H and O–H groups in total. The normalized spacial score (nSPS) is 14.1. The molecule has 0 spiro atoms. The second kappa shape index (κ2) is 12.0. The second-order valence-corrected chi connectivity index (χ2v) is 9.87. The fourth-order valence-electron chi connectivity index (χ4n) is 4.62. The average molecular weight is 596 g/mol. The molecule has 212 valence electrons. The predicted molar refractivity (Wildman–Crippen MR) is 156 cm³/mol. The summed E-state index contributed by atoms with van der Waals surface area (Å²) in [7, 11) is 4.55. The Balaban J connectivity index is 1.58. The molecule has 12 heteroatoms. The third-order valence-corrected chi connectivity index (χ3v) is 7.13.